The van der Waals surface area contributed by atoms with E-state index in [0.29, 0.717) is 5.39 Å². The summed E-state index contributed by atoms with van der Waals surface area (Å²) in [5.41, 5.74) is 1.22. The first kappa shape index (κ1) is 25.5. The molecular formula is C23H25F3N4O3S. The van der Waals surface area contributed by atoms with Gasteiger partial charge in [0, 0.05) is 5.39 Å². The minimum Gasteiger partial charge on any atom is -0.480 e. The van der Waals surface area contributed by atoms with Gasteiger partial charge in [0.1, 0.15) is 6.04 Å². The summed E-state index contributed by atoms with van der Waals surface area (Å²) >= 11 is 0.770. The Morgan fingerprint density at radius 2 is 1.65 bits per heavy atom. The molecule has 1 amide bonds. The van der Waals surface area contributed by atoms with E-state index in [0.717, 1.165) is 27.3 Å². The molecule has 2 N–H and O–H groups in total. The van der Waals surface area contributed by atoms with Crippen molar-refractivity contribution in [3.63, 3.8) is 0 Å². The number of alkyl halides is 3. The van der Waals surface area contributed by atoms with Gasteiger partial charge in [-0.05, 0) is 43.7 Å². The number of carboxylic acid groups (broad SMARTS) is 1. The molecule has 0 saturated carbocycles. The minimum absolute atomic E-state index is 0.141. The minimum atomic E-state index is -4.80. The number of carbonyl (C=O) groups is 2. The molecule has 1 aromatic heterocycles. The van der Waals surface area contributed by atoms with Gasteiger partial charge in [-0.2, -0.15) is 13.2 Å². The standard InChI is InChI=1S/C23H25F3N4O3S/c1-12(2)14-10-11-17(16-9-7-6-8-15(14)16)30-19(23(24,25)26)28-29-21(30)34-22(4,5)20(33)27-13(3)18(31)32/h6-13H,1-5H3,(H,27,33)(H,31,32). The molecule has 2 aromatic carbocycles. The van der Waals surface area contributed by atoms with Crippen LogP contribution in [0.4, 0.5) is 13.2 Å². The number of halogens is 3. The molecule has 0 saturated heterocycles. The third-order valence-electron chi connectivity index (χ3n) is 5.30. The molecule has 0 radical (unpaired) electrons. The van der Waals surface area contributed by atoms with Crippen molar-refractivity contribution in [1.29, 1.82) is 0 Å². The van der Waals surface area contributed by atoms with Crippen molar-refractivity contribution in [3.8, 4) is 5.69 Å². The van der Waals surface area contributed by atoms with Crippen LogP contribution in [-0.2, 0) is 15.8 Å². The van der Waals surface area contributed by atoms with Gasteiger partial charge < -0.3 is 10.4 Å². The molecule has 34 heavy (non-hydrogen) atoms. The Morgan fingerprint density at radius 3 is 2.21 bits per heavy atom. The first-order valence-electron chi connectivity index (χ1n) is 10.5. The first-order chi connectivity index (χ1) is 15.7. The van der Waals surface area contributed by atoms with E-state index in [1.807, 2.05) is 26.0 Å². The SMILES string of the molecule is CC(NC(=O)C(C)(C)Sc1nnc(C(F)(F)F)n1-c1ccc(C(C)C)c2ccccc12)C(=O)O. The predicted octanol–water partition coefficient (Wildman–Crippen LogP) is 5.02. The van der Waals surface area contributed by atoms with Gasteiger partial charge in [-0.1, -0.05) is 55.9 Å². The van der Waals surface area contributed by atoms with Crippen LogP contribution in [-0.4, -0.2) is 42.5 Å². The van der Waals surface area contributed by atoms with E-state index in [9.17, 15) is 22.8 Å². The van der Waals surface area contributed by atoms with Crippen LogP contribution in [0, 0.1) is 0 Å². The monoisotopic (exact) mass is 494 g/mol. The molecule has 0 aliphatic heterocycles. The molecule has 1 atom stereocenters. The summed E-state index contributed by atoms with van der Waals surface area (Å²) < 4.78 is 41.4. The van der Waals surface area contributed by atoms with Crippen LogP contribution < -0.4 is 5.32 Å². The highest BCUT2D eigenvalue weighted by Gasteiger charge is 2.41. The fourth-order valence-corrected chi connectivity index (χ4v) is 4.41. The number of aliphatic carboxylic acids is 1. The maximum Gasteiger partial charge on any atom is 0.452 e. The highest BCUT2D eigenvalue weighted by Crippen LogP contribution is 2.40. The van der Waals surface area contributed by atoms with Gasteiger partial charge in [0.2, 0.25) is 11.7 Å². The summed E-state index contributed by atoms with van der Waals surface area (Å²) in [6.45, 7) is 8.26. The number of fused-ring (bicyclic) bond motifs is 1. The van der Waals surface area contributed by atoms with Crippen molar-refractivity contribution in [3.05, 3.63) is 47.8 Å². The Labute approximate surface area is 198 Å². The zero-order chi connectivity index (χ0) is 25.4. The van der Waals surface area contributed by atoms with Gasteiger partial charge in [-0.3, -0.25) is 14.2 Å². The molecule has 0 aliphatic carbocycles. The fourth-order valence-electron chi connectivity index (χ4n) is 3.45. The summed E-state index contributed by atoms with van der Waals surface area (Å²) in [6, 6.07) is 9.36. The Balaban J connectivity index is 2.16. The lowest BCUT2D eigenvalue weighted by Crippen LogP contribution is -2.47. The van der Waals surface area contributed by atoms with E-state index in [2.05, 4.69) is 15.5 Å². The number of nitrogens with one attached hydrogen (secondary N) is 1. The summed E-state index contributed by atoms with van der Waals surface area (Å²) in [6.07, 6.45) is -4.80. The number of hydrogen-bond acceptors (Lipinski definition) is 5. The lowest BCUT2D eigenvalue weighted by molar-refractivity contribution is -0.146. The molecule has 1 heterocycles. The van der Waals surface area contributed by atoms with Crippen LogP contribution in [0.3, 0.4) is 0 Å². The van der Waals surface area contributed by atoms with Crippen LogP contribution in [0.15, 0.2) is 41.6 Å². The zero-order valence-corrected chi connectivity index (χ0v) is 20.1. The number of hydrogen-bond donors (Lipinski definition) is 2. The average Bonchev–Trinajstić information content (AvgIpc) is 3.15. The Hall–Kier alpha value is -3.08. The van der Waals surface area contributed by atoms with Crippen LogP contribution in [0.2, 0.25) is 0 Å². The lowest BCUT2D eigenvalue weighted by Gasteiger charge is -2.24. The Kier molecular flexibility index (Phi) is 6.97. The molecule has 0 fully saturated rings. The molecule has 182 valence electrons. The van der Waals surface area contributed by atoms with Crippen LogP contribution in [0.1, 0.15) is 51.9 Å². The van der Waals surface area contributed by atoms with Gasteiger partial charge in [0.05, 0.1) is 10.4 Å². The number of benzene rings is 2. The molecule has 0 aliphatic rings. The van der Waals surface area contributed by atoms with Crippen LogP contribution >= 0.6 is 11.8 Å². The van der Waals surface area contributed by atoms with E-state index in [1.54, 1.807) is 24.3 Å². The summed E-state index contributed by atoms with van der Waals surface area (Å²) in [4.78, 5) is 23.8. The molecule has 0 spiro atoms. The molecule has 3 rings (SSSR count). The molecule has 11 heteroatoms. The van der Waals surface area contributed by atoms with Crippen molar-refractivity contribution >= 4 is 34.4 Å². The summed E-state index contributed by atoms with van der Waals surface area (Å²) in [5.74, 6) is -2.95. The lowest BCUT2D eigenvalue weighted by atomic mass is 9.95. The second kappa shape index (κ2) is 9.28. The number of rotatable bonds is 7. The Bertz CT molecular complexity index is 1240. The third kappa shape index (κ3) is 5.03. The van der Waals surface area contributed by atoms with E-state index in [1.165, 1.54) is 20.8 Å². The number of nitrogens with zero attached hydrogens (tertiary/aromatic N) is 3. The van der Waals surface area contributed by atoms with Gasteiger partial charge in [-0.15, -0.1) is 10.2 Å². The normalized spacial score (nSPS) is 13.3. The van der Waals surface area contributed by atoms with Crippen LogP contribution in [0.25, 0.3) is 16.5 Å². The Morgan fingerprint density at radius 1 is 1.03 bits per heavy atom. The number of amides is 1. The van der Waals surface area contributed by atoms with Crippen molar-refractivity contribution in [2.75, 3.05) is 0 Å². The highest BCUT2D eigenvalue weighted by atomic mass is 32.2. The van der Waals surface area contributed by atoms with Gasteiger partial charge in [0.25, 0.3) is 0 Å². The fraction of sp³-hybridized carbons (Fsp3) is 0.391. The van der Waals surface area contributed by atoms with Crippen molar-refractivity contribution in [2.45, 2.75) is 62.7 Å². The molecular weight excluding hydrogens is 469 g/mol. The first-order valence-corrected chi connectivity index (χ1v) is 11.3. The van der Waals surface area contributed by atoms with Gasteiger partial charge in [-0.25, -0.2) is 0 Å². The van der Waals surface area contributed by atoms with Crippen molar-refractivity contribution in [1.82, 2.24) is 20.1 Å². The smallest absolute Gasteiger partial charge is 0.452 e. The van der Waals surface area contributed by atoms with Crippen molar-refractivity contribution in [2.24, 2.45) is 0 Å². The van der Waals surface area contributed by atoms with Gasteiger partial charge >= 0.3 is 12.1 Å². The highest BCUT2D eigenvalue weighted by molar-refractivity contribution is 8.01. The maximum atomic E-state index is 13.9. The van der Waals surface area contributed by atoms with Gasteiger partial charge in [0.15, 0.2) is 5.16 Å². The number of carbonyl (C=O) groups excluding carboxylic acids is 1. The maximum absolute atomic E-state index is 13.9. The number of aromatic nitrogens is 3. The molecule has 1 unspecified atom stereocenters. The number of carboxylic acids is 1. The average molecular weight is 495 g/mol. The topological polar surface area (TPSA) is 97.1 Å². The zero-order valence-electron chi connectivity index (χ0n) is 19.3. The largest absolute Gasteiger partial charge is 0.480 e. The molecule has 0 bridgehead atoms. The third-order valence-corrected chi connectivity index (χ3v) is 6.44. The predicted molar refractivity (Wildman–Crippen MR) is 123 cm³/mol. The second-order valence-electron chi connectivity index (χ2n) is 8.66. The molecule has 7 nitrogen and oxygen atoms in total. The number of thioether (sulfide) groups is 1. The molecule has 3 aromatic rings. The van der Waals surface area contributed by atoms with Crippen LogP contribution in [0.5, 0.6) is 0 Å². The van der Waals surface area contributed by atoms with E-state index < -0.39 is 34.7 Å². The summed E-state index contributed by atoms with van der Waals surface area (Å²) in [5, 5.41) is 19.8. The quantitative estimate of drug-likeness (QED) is 0.448. The van der Waals surface area contributed by atoms with E-state index >= 15 is 0 Å². The van der Waals surface area contributed by atoms with E-state index in [-0.39, 0.29) is 16.8 Å². The van der Waals surface area contributed by atoms with Crippen molar-refractivity contribution < 1.29 is 27.9 Å². The van der Waals surface area contributed by atoms with E-state index in [4.69, 9.17) is 5.11 Å². The second-order valence-corrected chi connectivity index (χ2v) is 10.2. The summed E-state index contributed by atoms with van der Waals surface area (Å²) in [7, 11) is 0.